The highest BCUT2D eigenvalue weighted by molar-refractivity contribution is 6.33. The zero-order chi connectivity index (χ0) is 13.2. The molecule has 1 aromatic heterocycles. The lowest BCUT2D eigenvalue weighted by Gasteiger charge is -2.18. The minimum Gasteiger partial charge on any atom is -0.372 e. The van der Waals surface area contributed by atoms with E-state index in [1.54, 1.807) is 0 Å². The highest BCUT2D eigenvalue weighted by Gasteiger charge is 2.14. The van der Waals surface area contributed by atoms with E-state index in [0.717, 1.165) is 18.7 Å². The monoisotopic (exact) mass is 293 g/mol. The van der Waals surface area contributed by atoms with Gasteiger partial charge in [-0.05, 0) is 36.6 Å². The van der Waals surface area contributed by atoms with Crippen molar-refractivity contribution in [3.63, 3.8) is 0 Å². The minimum atomic E-state index is 0.214. The van der Waals surface area contributed by atoms with Gasteiger partial charge in [0, 0.05) is 24.3 Å². The first-order valence-corrected chi connectivity index (χ1v) is 7.03. The standard InChI is InChI=1S/C14H13Cl2N3/c15-12-9-17-14(16)18-13(12)10-4-3-5-11(8-10)19-6-1-2-7-19/h3-5,8-9H,1-2,6-7H2. The Balaban J connectivity index is 2.00. The zero-order valence-corrected chi connectivity index (χ0v) is 11.8. The van der Waals surface area contributed by atoms with Gasteiger partial charge in [-0.25, -0.2) is 9.97 Å². The summed E-state index contributed by atoms with van der Waals surface area (Å²) in [5, 5.41) is 0.731. The topological polar surface area (TPSA) is 29.0 Å². The van der Waals surface area contributed by atoms with Crippen molar-refractivity contribution in [3.05, 3.63) is 40.8 Å². The van der Waals surface area contributed by atoms with Crippen LogP contribution >= 0.6 is 23.2 Å². The number of nitrogens with zero attached hydrogens (tertiary/aromatic N) is 3. The van der Waals surface area contributed by atoms with Crippen LogP contribution in [0.1, 0.15) is 12.8 Å². The van der Waals surface area contributed by atoms with Gasteiger partial charge in [0.2, 0.25) is 5.28 Å². The molecule has 0 amide bonds. The van der Waals surface area contributed by atoms with E-state index in [1.807, 2.05) is 12.1 Å². The van der Waals surface area contributed by atoms with Gasteiger partial charge in [-0.15, -0.1) is 0 Å². The summed E-state index contributed by atoms with van der Waals surface area (Å²) < 4.78 is 0. The second-order valence-corrected chi connectivity index (χ2v) is 5.33. The van der Waals surface area contributed by atoms with Gasteiger partial charge in [0.25, 0.3) is 0 Å². The molecular weight excluding hydrogens is 281 g/mol. The van der Waals surface area contributed by atoms with Gasteiger partial charge in [0.15, 0.2) is 0 Å². The van der Waals surface area contributed by atoms with Crippen molar-refractivity contribution in [3.8, 4) is 11.3 Å². The normalized spacial score (nSPS) is 14.9. The zero-order valence-electron chi connectivity index (χ0n) is 10.3. The molecule has 19 heavy (non-hydrogen) atoms. The Labute approximate surface area is 122 Å². The molecule has 0 aliphatic carbocycles. The van der Waals surface area contributed by atoms with Gasteiger partial charge in [0.05, 0.1) is 16.9 Å². The van der Waals surface area contributed by atoms with E-state index in [1.165, 1.54) is 24.7 Å². The van der Waals surface area contributed by atoms with E-state index >= 15 is 0 Å². The summed E-state index contributed by atoms with van der Waals surface area (Å²) >= 11 is 12.0. The second-order valence-electron chi connectivity index (χ2n) is 4.58. The van der Waals surface area contributed by atoms with Gasteiger partial charge in [0.1, 0.15) is 0 Å². The molecule has 2 aromatic rings. The summed E-state index contributed by atoms with van der Waals surface area (Å²) in [5.74, 6) is 0. The Morgan fingerprint density at radius 2 is 1.89 bits per heavy atom. The summed E-state index contributed by atoms with van der Waals surface area (Å²) in [6.45, 7) is 2.23. The fourth-order valence-corrected chi connectivity index (χ4v) is 2.71. The maximum absolute atomic E-state index is 6.15. The SMILES string of the molecule is Clc1ncc(Cl)c(-c2cccc(N3CCCC3)c2)n1. The number of rotatable bonds is 2. The Morgan fingerprint density at radius 1 is 1.11 bits per heavy atom. The molecule has 0 saturated carbocycles. The van der Waals surface area contributed by atoms with Crippen molar-refractivity contribution in [1.82, 2.24) is 9.97 Å². The van der Waals surface area contributed by atoms with Gasteiger partial charge in [-0.2, -0.15) is 0 Å². The minimum absolute atomic E-state index is 0.214. The Bertz CT molecular complexity index is 595. The van der Waals surface area contributed by atoms with Crippen LogP contribution in [-0.2, 0) is 0 Å². The Hall–Kier alpha value is -1.32. The van der Waals surface area contributed by atoms with Crippen LogP contribution in [0.4, 0.5) is 5.69 Å². The molecule has 1 saturated heterocycles. The Morgan fingerprint density at radius 3 is 2.68 bits per heavy atom. The van der Waals surface area contributed by atoms with Crippen molar-refractivity contribution in [2.75, 3.05) is 18.0 Å². The first kappa shape index (κ1) is 12.7. The molecule has 0 bridgehead atoms. The number of anilines is 1. The van der Waals surface area contributed by atoms with Gasteiger partial charge < -0.3 is 4.90 Å². The van der Waals surface area contributed by atoms with Crippen LogP contribution < -0.4 is 4.90 Å². The van der Waals surface area contributed by atoms with Gasteiger partial charge in [-0.3, -0.25) is 0 Å². The van der Waals surface area contributed by atoms with Crippen LogP contribution in [0.3, 0.4) is 0 Å². The number of hydrogen-bond donors (Lipinski definition) is 0. The summed E-state index contributed by atoms with van der Waals surface area (Å²) in [6.07, 6.45) is 4.05. The number of benzene rings is 1. The highest BCUT2D eigenvalue weighted by Crippen LogP contribution is 2.30. The van der Waals surface area contributed by atoms with Gasteiger partial charge >= 0.3 is 0 Å². The number of halogens is 2. The average Bonchev–Trinajstić information content (AvgIpc) is 2.96. The molecule has 1 aromatic carbocycles. The third kappa shape index (κ3) is 2.67. The lowest BCUT2D eigenvalue weighted by Crippen LogP contribution is -2.17. The molecule has 1 fully saturated rings. The maximum atomic E-state index is 6.15. The van der Waals surface area contributed by atoms with Crippen LogP contribution in [0, 0.1) is 0 Å². The van der Waals surface area contributed by atoms with Crippen LogP contribution in [0.2, 0.25) is 10.3 Å². The molecule has 0 radical (unpaired) electrons. The smallest absolute Gasteiger partial charge is 0.222 e. The predicted octanol–water partition coefficient (Wildman–Crippen LogP) is 4.05. The van der Waals surface area contributed by atoms with Crippen LogP contribution in [-0.4, -0.2) is 23.1 Å². The van der Waals surface area contributed by atoms with Crippen molar-refractivity contribution < 1.29 is 0 Å². The van der Waals surface area contributed by atoms with Crippen molar-refractivity contribution in [2.45, 2.75) is 12.8 Å². The third-order valence-electron chi connectivity index (χ3n) is 3.31. The maximum Gasteiger partial charge on any atom is 0.222 e. The molecular formula is C14H13Cl2N3. The quantitative estimate of drug-likeness (QED) is 0.782. The summed E-state index contributed by atoms with van der Waals surface area (Å²) in [5.41, 5.74) is 2.86. The van der Waals surface area contributed by atoms with E-state index < -0.39 is 0 Å². The highest BCUT2D eigenvalue weighted by atomic mass is 35.5. The molecule has 0 unspecified atom stereocenters. The predicted molar refractivity (Wildman–Crippen MR) is 78.9 cm³/mol. The number of aromatic nitrogens is 2. The average molecular weight is 294 g/mol. The molecule has 2 heterocycles. The molecule has 0 atom stereocenters. The number of hydrogen-bond acceptors (Lipinski definition) is 3. The van der Waals surface area contributed by atoms with E-state index in [-0.39, 0.29) is 5.28 Å². The molecule has 98 valence electrons. The lowest BCUT2D eigenvalue weighted by molar-refractivity contribution is 0.949. The fraction of sp³-hybridized carbons (Fsp3) is 0.286. The molecule has 1 aliphatic rings. The third-order valence-corrected chi connectivity index (χ3v) is 3.76. The van der Waals surface area contributed by atoms with E-state index in [9.17, 15) is 0 Å². The molecule has 1 aliphatic heterocycles. The molecule has 3 nitrogen and oxygen atoms in total. The summed E-state index contributed by atoms with van der Waals surface area (Å²) in [7, 11) is 0. The van der Waals surface area contributed by atoms with Crippen LogP contribution in [0.5, 0.6) is 0 Å². The van der Waals surface area contributed by atoms with Crippen LogP contribution in [0.15, 0.2) is 30.5 Å². The fourth-order valence-electron chi connectivity index (χ4n) is 2.37. The second kappa shape index (κ2) is 5.35. The lowest BCUT2D eigenvalue weighted by atomic mass is 10.1. The molecule has 0 N–H and O–H groups in total. The first-order chi connectivity index (χ1) is 9.24. The first-order valence-electron chi connectivity index (χ1n) is 6.27. The van der Waals surface area contributed by atoms with Crippen molar-refractivity contribution >= 4 is 28.9 Å². The largest absolute Gasteiger partial charge is 0.372 e. The Kier molecular flexibility index (Phi) is 3.58. The van der Waals surface area contributed by atoms with Crippen LogP contribution in [0.25, 0.3) is 11.3 Å². The summed E-state index contributed by atoms with van der Waals surface area (Å²) in [6, 6.07) is 8.24. The molecule has 0 spiro atoms. The molecule has 3 rings (SSSR count). The summed E-state index contributed by atoms with van der Waals surface area (Å²) in [4.78, 5) is 10.5. The molecule has 5 heteroatoms. The van der Waals surface area contributed by atoms with E-state index in [0.29, 0.717) is 10.7 Å². The van der Waals surface area contributed by atoms with Crippen molar-refractivity contribution in [1.29, 1.82) is 0 Å². The van der Waals surface area contributed by atoms with E-state index in [2.05, 4.69) is 27.0 Å². The van der Waals surface area contributed by atoms with Crippen molar-refractivity contribution in [2.24, 2.45) is 0 Å². The van der Waals surface area contributed by atoms with E-state index in [4.69, 9.17) is 23.2 Å². The van der Waals surface area contributed by atoms with Gasteiger partial charge in [-0.1, -0.05) is 23.7 Å².